The number of rotatable bonds is 7. The number of nitrogens with zero attached hydrogens (tertiary/aromatic N) is 1. The minimum Gasteiger partial charge on any atom is -0.497 e. The lowest BCUT2D eigenvalue weighted by Crippen LogP contribution is -2.37. The lowest BCUT2D eigenvalue weighted by atomic mass is 10.3. The fraction of sp³-hybridized carbons (Fsp3) is 0.222. The summed E-state index contributed by atoms with van der Waals surface area (Å²) in [5.74, 6) is 0.0855. The van der Waals surface area contributed by atoms with Gasteiger partial charge in [0, 0.05) is 24.9 Å². The molecule has 0 radical (unpaired) electrons. The number of hydrogen-bond acceptors (Lipinski definition) is 4. The van der Waals surface area contributed by atoms with Gasteiger partial charge in [0.25, 0.3) is 5.91 Å². The molecule has 144 valence electrons. The summed E-state index contributed by atoms with van der Waals surface area (Å²) in [5.41, 5.74) is 0.569. The van der Waals surface area contributed by atoms with Crippen molar-refractivity contribution in [1.29, 1.82) is 0 Å². The van der Waals surface area contributed by atoms with E-state index in [1.54, 1.807) is 24.3 Å². The van der Waals surface area contributed by atoms with Crippen LogP contribution in [-0.4, -0.2) is 44.0 Å². The first-order valence-corrected chi connectivity index (χ1v) is 8.88. The number of carbonyl (C=O) groups excluding carboxylic acids is 2. The molecule has 1 N–H and O–H groups in total. The molecule has 9 heteroatoms. The number of nitrogens with one attached hydrogen (secondary N) is 1. The highest BCUT2D eigenvalue weighted by Crippen LogP contribution is 2.33. The van der Waals surface area contributed by atoms with Crippen LogP contribution in [0.5, 0.6) is 11.5 Å². The van der Waals surface area contributed by atoms with Crippen molar-refractivity contribution in [3.05, 3.63) is 51.5 Å². The first-order valence-electron chi connectivity index (χ1n) is 7.75. The Morgan fingerprint density at radius 1 is 1.07 bits per heavy atom. The quantitative estimate of drug-likeness (QED) is 0.669. The monoisotopic (exact) mass is 430 g/mol. The molecule has 0 aromatic heterocycles. The molecule has 0 heterocycles. The van der Waals surface area contributed by atoms with Gasteiger partial charge in [0.1, 0.15) is 11.5 Å². The second-order valence-electron chi connectivity index (χ2n) is 5.52. The van der Waals surface area contributed by atoms with E-state index < -0.39 is 5.91 Å². The van der Waals surface area contributed by atoms with Crippen LogP contribution in [0.15, 0.2) is 36.4 Å². The summed E-state index contributed by atoms with van der Waals surface area (Å²) in [6, 6.07) is 9.76. The SMILES string of the molecule is COc1cccc(NC(=O)CN(C)C(=O)COc2cc(Cl)c(Cl)cc2Cl)c1. The van der Waals surface area contributed by atoms with E-state index >= 15 is 0 Å². The van der Waals surface area contributed by atoms with Crippen molar-refractivity contribution >= 4 is 52.3 Å². The molecule has 27 heavy (non-hydrogen) atoms. The molecule has 0 saturated heterocycles. The minimum atomic E-state index is -0.405. The molecule has 2 aromatic carbocycles. The second-order valence-corrected chi connectivity index (χ2v) is 6.74. The maximum Gasteiger partial charge on any atom is 0.260 e. The van der Waals surface area contributed by atoms with E-state index in [1.807, 2.05) is 0 Å². The average Bonchev–Trinajstić information content (AvgIpc) is 2.63. The summed E-state index contributed by atoms with van der Waals surface area (Å²) in [5, 5.41) is 3.47. The average molecular weight is 432 g/mol. The molecule has 0 aliphatic heterocycles. The van der Waals surface area contributed by atoms with E-state index in [9.17, 15) is 9.59 Å². The summed E-state index contributed by atoms with van der Waals surface area (Å²) < 4.78 is 10.5. The largest absolute Gasteiger partial charge is 0.497 e. The maximum atomic E-state index is 12.2. The molecule has 0 saturated carbocycles. The zero-order valence-electron chi connectivity index (χ0n) is 14.6. The number of hydrogen-bond donors (Lipinski definition) is 1. The number of ether oxygens (including phenoxy) is 2. The number of likely N-dealkylation sites (N-methyl/N-ethyl adjacent to an activating group) is 1. The Morgan fingerprint density at radius 3 is 2.48 bits per heavy atom. The summed E-state index contributed by atoms with van der Waals surface area (Å²) in [7, 11) is 3.03. The van der Waals surface area contributed by atoms with Crippen LogP contribution < -0.4 is 14.8 Å². The predicted molar refractivity (Wildman–Crippen MR) is 106 cm³/mol. The second kappa shape index (κ2) is 9.69. The van der Waals surface area contributed by atoms with Crippen molar-refractivity contribution in [2.75, 3.05) is 32.6 Å². The Kier molecular flexibility index (Phi) is 7.59. The van der Waals surface area contributed by atoms with E-state index in [0.717, 1.165) is 0 Å². The molecule has 2 amide bonds. The van der Waals surface area contributed by atoms with Crippen molar-refractivity contribution in [2.24, 2.45) is 0 Å². The third-order valence-corrected chi connectivity index (χ3v) is 4.50. The fourth-order valence-corrected chi connectivity index (χ4v) is 2.66. The highest BCUT2D eigenvalue weighted by Gasteiger charge is 2.15. The molecule has 0 fully saturated rings. The molecule has 0 atom stereocenters. The molecule has 6 nitrogen and oxygen atoms in total. The third kappa shape index (κ3) is 6.20. The van der Waals surface area contributed by atoms with Gasteiger partial charge in [-0.2, -0.15) is 0 Å². The molecule has 0 aliphatic carbocycles. The molecule has 0 unspecified atom stereocenters. The highest BCUT2D eigenvalue weighted by atomic mass is 35.5. The summed E-state index contributed by atoms with van der Waals surface area (Å²) >= 11 is 17.7. The van der Waals surface area contributed by atoms with Crippen LogP contribution in [-0.2, 0) is 9.59 Å². The van der Waals surface area contributed by atoms with Gasteiger partial charge in [-0.25, -0.2) is 0 Å². The van der Waals surface area contributed by atoms with E-state index in [4.69, 9.17) is 44.3 Å². The van der Waals surface area contributed by atoms with E-state index in [0.29, 0.717) is 11.4 Å². The molecular weight excluding hydrogens is 415 g/mol. The van der Waals surface area contributed by atoms with Gasteiger partial charge in [-0.3, -0.25) is 9.59 Å². The van der Waals surface area contributed by atoms with Crippen molar-refractivity contribution < 1.29 is 19.1 Å². The predicted octanol–water partition coefficient (Wildman–Crippen LogP) is 4.13. The normalized spacial score (nSPS) is 10.3. The van der Waals surface area contributed by atoms with Gasteiger partial charge in [0.2, 0.25) is 5.91 Å². The maximum absolute atomic E-state index is 12.2. The Labute approximate surface area is 171 Å². The van der Waals surface area contributed by atoms with Gasteiger partial charge >= 0.3 is 0 Å². The van der Waals surface area contributed by atoms with Crippen LogP contribution in [0.4, 0.5) is 5.69 Å². The molecule has 2 aromatic rings. The van der Waals surface area contributed by atoms with E-state index in [-0.39, 0.29) is 39.9 Å². The number of methoxy groups -OCH3 is 1. The lowest BCUT2D eigenvalue weighted by molar-refractivity contribution is -0.135. The molecule has 0 bridgehead atoms. The van der Waals surface area contributed by atoms with Gasteiger partial charge in [-0.15, -0.1) is 0 Å². The number of anilines is 1. The van der Waals surface area contributed by atoms with Crippen LogP contribution in [0.1, 0.15) is 0 Å². The van der Waals surface area contributed by atoms with Crippen molar-refractivity contribution in [3.63, 3.8) is 0 Å². The van der Waals surface area contributed by atoms with Crippen LogP contribution >= 0.6 is 34.8 Å². The zero-order chi connectivity index (χ0) is 20.0. The Bertz CT molecular complexity index is 845. The highest BCUT2D eigenvalue weighted by molar-refractivity contribution is 6.43. The first kappa shape index (κ1) is 21.2. The lowest BCUT2D eigenvalue weighted by Gasteiger charge is -2.17. The molecule has 0 aliphatic rings. The smallest absolute Gasteiger partial charge is 0.260 e. The molecular formula is C18H17Cl3N2O4. The Morgan fingerprint density at radius 2 is 1.78 bits per heavy atom. The van der Waals surface area contributed by atoms with Crippen LogP contribution in [0, 0.1) is 0 Å². The van der Waals surface area contributed by atoms with Gasteiger partial charge in [-0.1, -0.05) is 40.9 Å². The van der Waals surface area contributed by atoms with E-state index in [2.05, 4.69) is 5.32 Å². The van der Waals surface area contributed by atoms with Crippen molar-refractivity contribution in [3.8, 4) is 11.5 Å². The van der Waals surface area contributed by atoms with Gasteiger partial charge < -0.3 is 19.7 Å². The van der Waals surface area contributed by atoms with Crippen LogP contribution in [0.25, 0.3) is 0 Å². The summed E-state index contributed by atoms with van der Waals surface area (Å²) in [6.07, 6.45) is 0. The van der Waals surface area contributed by atoms with Gasteiger partial charge in [0.15, 0.2) is 6.61 Å². The molecule has 2 rings (SSSR count). The zero-order valence-corrected chi connectivity index (χ0v) is 16.9. The van der Waals surface area contributed by atoms with Crippen LogP contribution in [0.2, 0.25) is 15.1 Å². The first-order chi connectivity index (χ1) is 12.8. The standard InChI is InChI=1S/C18H17Cl3N2O4/c1-23(9-17(24)22-11-4-3-5-12(6-11)26-2)18(25)10-27-16-8-14(20)13(19)7-15(16)21/h3-8H,9-10H2,1-2H3,(H,22,24). The molecule has 0 spiro atoms. The van der Waals surface area contributed by atoms with Crippen LogP contribution in [0.3, 0.4) is 0 Å². The van der Waals surface area contributed by atoms with Crippen molar-refractivity contribution in [1.82, 2.24) is 4.90 Å². The Balaban J connectivity index is 1.87. The summed E-state index contributed by atoms with van der Waals surface area (Å²) in [6.45, 7) is -0.449. The fourth-order valence-electron chi connectivity index (χ4n) is 2.07. The topological polar surface area (TPSA) is 67.9 Å². The summed E-state index contributed by atoms with van der Waals surface area (Å²) in [4.78, 5) is 25.5. The number of benzene rings is 2. The van der Waals surface area contributed by atoms with Gasteiger partial charge in [-0.05, 0) is 18.2 Å². The minimum absolute atomic E-state index is 0.144. The number of amides is 2. The van der Waals surface area contributed by atoms with Gasteiger partial charge in [0.05, 0.1) is 28.7 Å². The van der Waals surface area contributed by atoms with E-state index in [1.165, 1.54) is 31.2 Å². The van der Waals surface area contributed by atoms with Crippen molar-refractivity contribution in [2.45, 2.75) is 0 Å². The number of carbonyl (C=O) groups is 2. The number of halogens is 3. The third-order valence-electron chi connectivity index (χ3n) is 3.49. The Hall–Kier alpha value is -2.15.